The highest BCUT2D eigenvalue weighted by Gasteiger charge is 2.93. The minimum absolute atomic E-state index is 0.275. The molecule has 0 bridgehead atoms. The van der Waals surface area contributed by atoms with E-state index in [9.17, 15) is 20.2 Å². The van der Waals surface area contributed by atoms with E-state index in [1.807, 2.05) is 0 Å². The average molecular weight is 446 g/mol. The molecule has 2 spiro atoms. The molecule has 1 heterocycles. The molecule has 4 aliphatic carbocycles. The number of nitrogens with zero attached hydrogens (tertiary/aromatic N) is 3. The second-order valence-electron chi connectivity index (χ2n) is 9.04. The Kier molecular flexibility index (Phi) is 3.64. The van der Waals surface area contributed by atoms with Crippen LogP contribution in [0.3, 0.4) is 0 Å². The highest BCUT2D eigenvalue weighted by atomic mass is 79.9. The van der Waals surface area contributed by atoms with Gasteiger partial charge in [0.2, 0.25) is 0 Å². The second-order valence-corrected chi connectivity index (χ2v) is 10.6. The van der Waals surface area contributed by atoms with Gasteiger partial charge in [-0.05, 0) is 64.2 Å². The Balaban J connectivity index is 1.58. The zero-order valence-electron chi connectivity index (χ0n) is 15.2. The monoisotopic (exact) mass is 445 g/mol. The highest BCUT2D eigenvalue weighted by molar-refractivity contribution is 9.10. The summed E-state index contributed by atoms with van der Waals surface area (Å²) in [6.45, 7) is 0. The molecule has 0 aromatic rings. The minimum atomic E-state index is -2.57. The van der Waals surface area contributed by atoms with Crippen LogP contribution < -0.4 is 0 Å². The molecule has 0 radical (unpaired) electrons. The van der Waals surface area contributed by atoms with Crippen molar-refractivity contribution in [2.24, 2.45) is 5.41 Å². The molecule has 0 aromatic carbocycles. The van der Waals surface area contributed by atoms with E-state index in [2.05, 4.69) is 15.9 Å². The Bertz CT molecular complexity index is 685. The van der Waals surface area contributed by atoms with Gasteiger partial charge in [-0.25, -0.2) is 0 Å². The van der Waals surface area contributed by atoms with Gasteiger partial charge in [-0.2, -0.15) is 0 Å². The van der Waals surface area contributed by atoms with Gasteiger partial charge in [0.1, 0.15) is 21.0 Å². The van der Waals surface area contributed by atoms with Crippen LogP contribution in [0.5, 0.6) is 0 Å². The van der Waals surface area contributed by atoms with E-state index in [0.29, 0.717) is 25.7 Å². The van der Waals surface area contributed by atoms with Crippen LogP contribution in [0, 0.1) is 25.6 Å². The first kappa shape index (κ1) is 18.2. The lowest BCUT2D eigenvalue weighted by Crippen LogP contribution is -2.72. The van der Waals surface area contributed by atoms with Crippen LogP contribution in [0.1, 0.15) is 77.0 Å². The third-order valence-corrected chi connectivity index (χ3v) is 9.80. The van der Waals surface area contributed by atoms with Crippen LogP contribution in [0.2, 0.25) is 0 Å². The van der Waals surface area contributed by atoms with Crippen LogP contribution in [-0.4, -0.2) is 36.4 Å². The zero-order valence-corrected chi connectivity index (χ0v) is 16.7. The number of alkyl halides is 1. The Hall–Kier alpha value is -0.840. The molecule has 9 nitrogen and oxygen atoms in total. The standard InChI is InChI=1S/C17H24BrN3O6/c18-14(7-2-8-14)16(11-4-12-16)27-21-17(19(22)23,20(24)25)13(5-1-6-13)15(26-21)9-3-10-15/h1-12H2. The molecule has 4 saturated carbocycles. The van der Waals surface area contributed by atoms with E-state index < -0.39 is 32.3 Å². The predicted octanol–water partition coefficient (Wildman–Crippen LogP) is 3.71. The lowest BCUT2D eigenvalue weighted by Gasteiger charge is -2.56. The number of halogens is 1. The first-order valence-corrected chi connectivity index (χ1v) is 10.7. The van der Waals surface area contributed by atoms with E-state index in [1.165, 1.54) is 0 Å². The van der Waals surface area contributed by atoms with Crippen molar-refractivity contribution in [3.63, 3.8) is 0 Å². The normalized spacial score (nSPS) is 33.5. The maximum Gasteiger partial charge on any atom is 0.574 e. The third kappa shape index (κ3) is 1.82. The maximum absolute atomic E-state index is 12.3. The smallest absolute Gasteiger partial charge is 0.257 e. The summed E-state index contributed by atoms with van der Waals surface area (Å²) in [7, 11) is 0. The van der Waals surface area contributed by atoms with Crippen molar-refractivity contribution >= 4 is 15.9 Å². The summed E-state index contributed by atoms with van der Waals surface area (Å²) in [5.74, 6) is -2.57. The van der Waals surface area contributed by atoms with Gasteiger partial charge in [0.15, 0.2) is 5.41 Å². The molecule has 150 valence electrons. The molecule has 0 amide bonds. The number of fused-ring (bicyclic) bond motifs is 1. The minimum Gasteiger partial charge on any atom is -0.257 e. The molecule has 1 aliphatic heterocycles. The summed E-state index contributed by atoms with van der Waals surface area (Å²) in [6.07, 6.45) is 8.97. The molecule has 5 fully saturated rings. The van der Waals surface area contributed by atoms with Crippen molar-refractivity contribution in [2.45, 2.75) is 98.4 Å². The van der Waals surface area contributed by atoms with Crippen molar-refractivity contribution in [1.82, 2.24) is 5.23 Å². The molecule has 5 rings (SSSR count). The van der Waals surface area contributed by atoms with Crippen LogP contribution in [0.25, 0.3) is 0 Å². The van der Waals surface area contributed by atoms with Crippen LogP contribution in [0.4, 0.5) is 0 Å². The molecule has 0 N–H and O–H groups in total. The Morgan fingerprint density at radius 3 is 1.67 bits per heavy atom. The van der Waals surface area contributed by atoms with Crippen LogP contribution in [-0.2, 0) is 9.68 Å². The van der Waals surface area contributed by atoms with E-state index in [1.54, 1.807) is 0 Å². The molecule has 0 aromatic heterocycles. The van der Waals surface area contributed by atoms with Crippen molar-refractivity contribution in [1.29, 1.82) is 0 Å². The Morgan fingerprint density at radius 2 is 1.37 bits per heavy atom. The third-order valence-electron chi connectivity index (χ3n) is 8.29. The fraction of sp³-hybridized carbons (Fsp3) is 1.00. The quantitative estimate of drug-likeness (QED) is 0.274. The molecular weight excluding hydrogens is 422 g/mol. The molecular formula is C17H24BrN3O6. The molecule has 27 heavy (non-hydrogen) atoms. The number of hydrogen-bond donors (Lipinski definition) is 0. The van der Waals surface area contributed by atoms with Crippen molar-refractivity contribution in [3.8, 4) is 0 Å². The van der Waals surface area contributed by atoms with Gasteiger partial charge in [-0.3, -0.25) is 29.9 Å². The van der Waals surface area contributed by atoms with Gasteiger partial charge in [0.05, 0.1) is 9.55 Å². The van der Waals surface area contributed by atoms with Crippen molar-refractivity contribution in [2.75, 3.05) is 0 Å². The molecule has 0 unspecified atom stereocenters. The van der Waals surface area contributed by atoms with Crippen molar-refractivity contribution in [3.05, 3.63) is 20.2 Å². The van der Waals surface area contributed by atoms with E-state index >= 15 is 0 Å². The highest BCUT2D eigenvalue weighted by Crippen LogP contribution is 2.71. The number of rotatable bonds is 5. The van der Waals surface area contributed by atoms with Gasteiger partial charge in [0.25, 0.3) is 0 Å². The molecule has 1 saturated heterocycles. The van der Waals surface area contributed by atoms with Gasteiger partial charge in [0, 0.05) is 0 Å². The first-order valence-electron chi connectivity index (χ1n) is 9.94. The summed E-state index contributed by atoms with van der Waals surface area (Å²) in [6, 6.07) is 0. The van der Waals surface area contributed by atoms with Crippen molar-refractivity contribution < 1.29 is 19.5 Å². The van der Waals surface area contributed by atoms with E-state index in [4.69, 9.17) is 9.68 Å². The SMILES string of the molecule is O=[N+]([O-])C1([N+](=O)[O-])N(OC2(C3(Br)CCC3)CCC2)OC2(CCC2)C12CCC2. The summed E-state index contributed by atoms with van der Waals surface area (Å²) < 4.78 is -0.275. The topological polar surface area (TPSA) is 108 Å². The number of hydrogen-bond acceptors (Lipinski definition) is 7. The van der Waals surface area contributed by atoms with Crippen LogP contribution in [0.15, 0.2) is 0 Å². The van der Waals surface area contributed by atoms with Crippen LogP contribution >= 0.6 is 15.9 Å². The largest absolute Gasteiger partial charge is 0.574 e. The summed E-state index contributed by atoms with van der Waals surface area (Å²) in [4.78, 5) is 35.4. The summed E-state index contributed by atoms with van der Waals surface area (Å²) in [5.41, 5.74) is -2.62. The molecule has 0 atom stereocenters. The second kappa shape index (κ2) is 5.40. The number of hydroxylamine groups is 2. The Morgan fingerprint density at radius 1 is 0.852 bits per heavy atom. The lowest BCUT2D eigenvalue weighted by molar-refractivity contribution is -0.870. The first-order chi connectivity index (χ1) is 12.8. The maximum atomic E-state index is 12.3. The van der Waals surface area contributed by atoms with Gasteiger partial charge >= 0.3 is 5.79 Å². The molecule has 5 aliphatic rings. The van der Waals surface area contributed by atoms with E-state index in [0.717, 1.165) is 56.6 Å². The van der Waals surface area contributed by atoms with Gasteiger partial charge < -0.3 is 0 Å². The fourth-order valence-corrected chi connectivity index (χ4v) is 7.06. The number of nitro groups is 2. The zero-order chi connectivity index (χ0) is 19.1. The summed E-state index contributed by atoms with van der Waals surface area (Å²) in [5, 5.41) is 25.3. The van der Waals surface area contributed by atoms with E-state index in [-0.39, 0.29) is 4.32 Å². The summed E-state index contributed by atoms with van der Waals surface area (Å²) >= 11 is 3.79. The lowest BCUT2D eigenvalue weighted by atomic mass is 9.50. The molecule has 10 heteroatoms. The van der Waals surface area contributed by atoms with Gasteiger partial charge in [-0.1, -0.05) is 28.8 Å². The fourth-order valence-electron chi connectivity index (χ4n) is 6.03. The predicted molar refractivity (Wildman–Crippen MR) is 95.7 cm³/mol. The van der Waals surface area contributed by atoms with Gasteiger partial charge in [-0.15, -0.1) is 0 Å². The Labute approximate surface area is 165 Å². The average Bonchev–Trinajstić information content (AvgIpc) is 2.76.